The van der Waals surface area contributed by atoms with Crippen molar-refractivity contribution in [1.82, 2.24) is 4.90 Å². The Kier molecular flexibility index (Phi) is 3.79. The van der Waals surface area contributed by atoms with Crippen LogP contribution in [0.5, 0.6) is 0 Å². The molecule has 0 atom stereocenters. The zero-order valence-corrected chi connectivity index (χ0v) is 10.5. The van der Waals surface area contributed by atoms with E-state index in [-0.39, 0.29) is 5.97 Å². The van der Waals surface area contributed by atoms with E-state index in [0.717, 1.165) is 32.5 Å². The third-order valence-electron chi connectivity index (χ3n) is 3.47. The lowest BCUT2D eigenvalue weighted by Crippen LogP contribution is -2.25. The fourth-order valence-electron chi connectivity index (χ4n) is 2.33. The molecule has 1 aliphatic heterocycles. The van der Waals surface area contributed by atoms with Crippen LogP contribution in [0.15, 0.2) is 18.2 Å². The van der Waals surface area contributed by atoms with Gasteiger partial charge in [-0.25, -0.2) is 4.79 Å². The summed E-state index contributed by atoms with van der Waals surface area (Å²) in [5.74, 6) is -0.246. The lowest BCUT2D eigenvalue weighted by Gasteiger charge is -2.16. The number of hydrogen-bond donors (Lipinski definition) is 0. The average molecular weight is 233 g/mol. The molecule has 0 amide bonds. The van der Waals surface area contributed by atoms with Crippen LogP contribution in [0.4, 0.5) is 0 Å². The number of nitrogens with zero attached hydrogens (tertiary/aromatic N) is 1. The van der Waals surface area contributed by atoms with E-state index in [4.69, 9.17) is 4.74 Å². The number of benzene rings is 1. The zero-order chi connectivity index (χ0) is 12.3. The lowest BCUT2D eigenvalue weighted by atomic mass is 10.0. The normalized spacial score (nSPS) is 16.1. The van der Waals surface area contributed by atoms with Gasteiger partial charge < -0.3 is 9.64 Å². The Balaban J connectivity index is 2.22. The number of esters is 1. The molecule has 0 N–H and O–H groups in total. The minimum absolute atomic E-state index is 0.246. The number of ether oxygens (including phenoxy) is 1. The molecule has 0 saturated carbocycles. The first-order valence-electron chi connectivity index (χ1n) is 6.17. The number of hydrogen-bond acceptors (Lipinski definition) is 3. The van der Waals surface area contributed by atoms with Gasteiger partial charge in [0.1, 0.15) is 0 Å². The van der Waals surface area contributed by atoms with Gasteiger partial charge in [-0.3, -0.25) is 0 Å². The zero-order valence-electron chi connectivity index (χ0n) is 10.5. The molecule has 0 aromatic heterocycles. The van der Waals surface area contributed by atoms with Gasteiger partial charge in [0.2, 0.25) is 0 Å². The fraction of sp³-hybridized carbons (Fsp3) is 0.500. The Labute approximate surface area is 102 Å². The van der Waals surface area contributed by atoms with Gasteiger partial charge in [-0.2, -0.15) is 0 Å². The first-order valence-corrected chi connectivity index (χ1v) is 6.17. The lowest BCUT2D eigenvalue weighted by molar-refractivity contribution is 0.0600. The number of carbonyl (C=O) groups excluding carboxylic acids is 1. The van der Waals surface area contributed by atoms with Gasteiger partial charge >= 0.3 is 5.97 Å². The van der Waals surface area contributed by atoms with Crippen LogP contribution >= 0.6 is 0 Å². The van der Waals surface area contributed by atoms with Crippen molar-refractivity contribution in [3.8, 4) is 0 Å². The van der Waals surface area contributed by atoms with Crippen molar-refractivity contribution in [1.29, 1.82) is 0 Å². The molecule has 0 bridgehead atoms. The largest absolute Gasteiger partial charge is 0.465 e. The summed E-state index contributed by atoms with van der Waals surface area (Å²) in [6, 6.07) is 5.92. The SMILES string of the molecule is CCN1CCc2ccc(C(=O)OC)cc2CC1. The van der Waals surface area contributed by atoms with Crippen molar-refractivity contribution in [3.05, 3.63) is 34.9 Å². The maximum absolute atomic E-state index is 11.5. The molecule has 1 aromatic carbocycles. The van der Waals surface area contributed by atoms with E-state index < -0.39 is 0 Å². The van der Waals surface area contributed by atoms with E-state index in [0.29, 0.717) is 5.56 Å². The molecule has 0 aliphatic carbocycles. The second kappa shape index (κ2) is 5.32. The molecular formula is C14H19NO2. The number of likely N-dealkylation sites (N-methyl/N-ethyl adjacent to an activating group) is 1. The Morgan fingerprint density at radius 3 is 2.65 bits per heavy atom. The first kappa shape index (κ1) is 12.1. The molecule has 0 unspecified atom stereocenters. The summed E-state index contributed by atoms with van der Waals surface area (Å²) in [4.78, 5) is 13.9. The number of carbonyl (C=O) groups is 1. The molecule has 0 radical (unpaired) electrons. The quantitative estimate of drug-likeness (QED) is 0.731. The highest BCUT2D eigenvalue weighted by Gasteiger charge is 2.14. The highest BCUT2D eigenvalue weighted by Crippen LogP contribution is 2.18. The monoisotopic (exact) mass is 233 g/mol. The van der Waals surface area contributed by atoms with E-state index in [1.54, 1.807) is 0 Å². The van der Waals surface area contributed by atoms with E-state index in [1.807, 2.05) is 12.1 Å². The maximum atomic E-state index is 11.5. The van der Waals surface area contributed by atoms with Crippen LogP contribution in [-0.2, 0) is 17.6 Å². The Morgan fingerprint density at radius 2 is 2.00 bits per heavy atom. The predicted octanol–water partition coefficient (Wildman–Crippen LogP) is 1.89. The van der Waals surface area contributed by atoms with Gasteiger partial charge in [0.15, 0.2) is 0 Å². The molecule has 1 heterocycles. The predicted molar refractivity (Wildman–Crippen MR) is 67.3 cm³/mol. The molecule has 92 valence electrons. The molecule has 0 spiro atoms. The van der Waals surface area contributed by atoms with E-state index in [2.05, 4.69) is 17.9 Å². The molecule has 3 heteroatoms. The number of fused-ring (bicyclic) bond motifs is 1. The van der Waals surface area contributed by atoms with Crippen LogP contribution in [0, 0.1) is 0 Å². The molecule has 17 heavy (non-hydrogen) atoms. The van der Waals surface area contributed by atoms with Gasteiger partial charge in [-0.15, -0.1) is 0 Å². The van der Waals surface area contributed by atoms with Gasteiger partial charge in [0.05, 0.1) is 12.7 Å². The van der Waals surface area contributed by atoms with Gasteiger partial charge in [0, 0.05) is 13.1 Å². The molecule has 3 nitrogen and oxygen atoms in total. The van der Waals surface area contributed by atoms with Crippen LogP contribution < -0.4 is 0 Å². The second-order valence-corrected chi connectivity index (χ2v) is 4.41. The summed E-state index contributed by atoms with van der Waals surface area (Å²) in [7, 11) is 1.42. The summed E-state index contributed by atoms with van der Waals surface area (Å²) < 4.78 is 4.75. The molecule has 1 aliphatic rings. The van der Waals surface area contributed by atoms with Crippen molar-refractivity contribution < 1.29 is 9.53 Å². The topological polar surface area (TPSA) is 29.5 Å². The van der Waals surface area contributed by atoms with E-state index in [9.17, 15) is 4.79 Å². The molecule has 1 aromatic rings. The van der Waals surface area contributed by atoms with Crippen LogP contribution in [0.1, 0.15) is 28.4 Å². The Morgan fingerprint density at radius 1 is 1.29 bits per heavy atom. The number of rotatable bonds is 2. The van der Waals surface area contributed by atoms with Crippen LogP contribution in [0.2, 0.25) is 0 Å². The minimum atomic E-state index is -0.246. The van der Waals surface area contributed by atoms with Crippen LogP contribution in [0.25, 0.3) is 0 Å². The van der Waals surface area contributed by atoms with Gasteiger partial charge in [-0.05, 0) is 42.6 Å². The summed E-state index contributed by atoms with van der Waals surface area (Å²) in [6.07, 6.45) is 2.10. The van der Waals surface area contributed by atoms with E-state index >= 15 is 0 Å². The van der Waals surface area contributed by atoms with Gasteiger partial charge in [-0.1, -0.05) is 13.0 Å². The molecular weight excluding hydrogens is 214 g/mol. The summed E-state index contributed by atoms with van der Waals surface area (Å²) in [5, 5.41) is 0. The third-order valence-corrected chi connectivity index (χ3v) is 3.47. The minimum Gasteiger partial charge on any atom is -0.465 e. The van der Waals surface area contributed by atoms with Crippen LogP contribution in [0.3, 0.4) is 0 Å². The van der Waals surface area contributed by atoms with Crippen molar-refractivity contribution in [2.75, 3.05) is 26.7 Å². The smallest absolute Gasteiger partial charge is 0.337 e. The summed E-state index contributed by atoms with van der Waals surface area (Å²) in [6.45, 7) is 5.48. The standard InChI is InChI=1S/C14H19NO2/c1-3-15-8-6-11-4-5-13(14(16)17-2)10-12(11)7-9-15/h4-5,10H,3,6-9H2,1-2H3. The Hall–Kier alpha value is -1.35. The highest BCUT2D eigenvalue weighted by molar-refractivity contribution is 5.89. The summed E-state index contributed by atoms with van der Waals surface area (Å²) in [5.41, 5.74) is 3.33. The van der Waals surface area contributed by atoms with Crippen molar-refractivity contribution in [2.45, 2.75) is 19.8 Å². The van der Waals surface area contributed by atoms with Gasteiger partial charge in [0.25, 0.3) is 0 Å². The van der Waals surface area contributed by atoms with Crippen molar-refractivity contribution in [3.63, 3.8) is 0 Å². The molecule has 0 fully saturated rings. The highest BCUT2D eigenvalue weighted by atomic mass is 16.5. The molecule has 2 rings (SSSR count). The fourth-order valence-corrected chi connectivity index (χ4v) is 2.33. The maximum Gasteiger partial charge on any atom is 0.337 e. The number of methoxy groups -OCH3 is 1. The van der Waals surface area contributed by atoms with Crippen LogP contribution in [-0.4, -0.2) is 37.6 Å². The van der Waals surface area contributed by atoms with Crippen molar-refractivity contribution >= 4 is 5.97 Å². The average Bonchev–Trinajstić information content (AvgIpc) is 2.59. The third kappa shape index (κ3) is 2.67. The molecule has 0 saturated heterocycles. The van der Waals surface area contributed by atoms with E-state index in [1.165, 1.54) is 18.2 Å². The Bertz CT molecular complexity index is 415. The second-order valence-electron chi connectivity index (χ2n) is 4.41. The summed E-state index contributed by atoms with van der Waals surface area (Å²) >= 11 is 0. The van der Waals surface area contributed by atoms with Crippen molar-refractivity contribution in [2.24, 2.45) is 0 Å². The first-order chi connectivity index (χ1) is 8.24.